The first-order valence-corrected chi connectivity index (χ1v) is 53.2. The van der Waals surface area contributed by atoms with Crippen molar-refractivity contribution in [3.8, 4) is 69.9 Å². The second-order valence-corrected chi connectivity index (χ2v) is 48.6. The van der Waals surface area contributed by atoms with Gasteiger partial charge in [-0.15, -0.1) is 16.6 Å². The first-order valence-electron chi connectivity index (χ1n) is 42.7. The molecule has 0 radical (unpaired) electrons. The van der Waals surface area contributed by atoms with E-state index in [1.165, 1.54) is 240 Å². The van der Waals surface area contributed by atoms with Gasteiger partial charge in [0.15, 0.2) is 0 Å². The molecule has 0 spiro atoms. The van der Waals surface area contributed by atoms with E-state index in [0.717, 1.165) is 74.5 Å². The van der Waals surface area contributed by atoms with Gasteiger partial charge in [0.05, 0.1) is 0 Å². The summed E-state index contributed by atoms with van der Waals surface area (Å²) in [5.74, 6) is 38.9. The Bertz CT molecular complexity index is 3130. The molecule has 0 fully saturated rings. The standard InChI is InChI=1S/C99H150Si3/c1-22-34-40-46-79(28-7)67-94-76-91(58-61-100(13,14)15)97(70-82(31-10)49-43-37-25-4)73-88(94)55-52-85-64-86(53-56-89-74-98(71-83(32-11)50-44-38-26-5)92(59-62-101(16,17)18)77-95(89)68-80(29-8)47-41-35-23-2)66-87(65-85)54-57-90-75-99(72-84(33-12)51-45-39-27-6)93(60-63-102(19,20)21)78-96(90)69-81(30-9)48-42-36-24-3/h64-66,73-84H,22-51,67-72H2,1-21H3. The van der Waals surface area contributed by atoms with Gasteiger partial charge < -0.3 is 0 Å². The van der Waals surface area contributed by atoms with Gasteiger partial charge in [-0.2, -0.15) is 0 Å². The number of rotatable bonds is 42. The third kappa shape index (κ3) is 35.3. The molecule has 4 rings (SSSR count). The second-order valence-electron chi connectivity index (χ2n) is 34.4. The summed E-state index contributed by atoms with van der Waals surface area (Å²) in [7, 11) is -5.02. The molecule has 0 aromatic heterocycles. The number of unbranched alkanes of at least 4 members (excludes halogenated alkanes) is 12. The van der Waals surface area contributed by atoms with Crippen molar-refractivity contribution in [2.24, 2.45) is 35.5 Å². The number of benzene rings is 4. The third-order valence-electron chi connectivity index (χ3n) is 21.5. The van der Waals surface area contributed by atoms with Gasteiger partial charge in [0.2, 0.25) is 0 Å². The van der Waals surface area contributed by atoms with Crippen molar-refractivity contribution in [1.82, 2.24) is 0 Å². The van der Waals surface area contributed by atoms with Gasteiger partial charge in [-0.1, -0.05) is 388 Å². The van der Waals surface area contributed by atoms with E-state index in [4.69, 9.17) is 0 Å². The summed E-state index contributed by atoms with van der Waals surface area (Å²) in [6, 6.07) is 21.9. The minimum absolute atomic E-state index is 0.591. The van der Waals surface area contributed by atoms with Crippen LogP contribution < -0.4 is 0 Å². The largest absolute Gasteiger partial charge is 0.129 e. The molecule has 102 heavy (non-hydrogen) atoms. The molecule has 4 aromatic rings. The molecule has 4 aromatic carbocycles. The molecule has 0 heterocycles. The Morgan fingerprint density at radius 3 is 0.529 bits per heavy atom. The van der Waals surface area contributed by atoms with E-state index in [1.54, 1.807) is 0 Å². The highest BCUT2D eigenvalue weighted by atomic mass is 28.3. The molecule has 0 aliphatic heterocycles. The Kier molecular flexibility index (Phi) is 42.8. The molecule has 6 atom stereocenters. The number of hydrogen-bond acceptors (Lipinski definition) is 0. The van der Waals surface area contributed by atoms with Crippen LogP contribution in [0.3, 0.4) is 0 Å². The molecular weight excluding hydrogens is 1270 g/mol. The second kappa shape index (κ2) is 48.9. The van der Waals surface area contributed by atoms with E-state index in [1.807, 2.05) is 0 Å². The predicted molar refractivity (Wildman–Crippen MR) is 464 cm³/mol. The molecule has 0 N–H and O–H groups in total. The zero-order valence-corrected chi connectivity index (χ0v) is 73.1. The van der Waals surface area contributed by atoms with Gasteiger partial charge in [-0.05, 0) is 162 Å². The van der Waals surface area contributed by atoms with Crippen molar-refractivity contribution in [1.29, 1.82) is 0 Å². The maximum Gasteiger partial charge on any atom is 0.129 e. The zero-order chi connectivity index (χ0) is 74.9. The summed E-state index contributed by atoms with van der Waals surface area (Å²) in [5, 5.41) is 0. The molecule has 0 bridgehead atoms. The fraction of sp³-hybridized carbons (Fsp3) is 0.636. The van der Waals surface area contributed by atoms with Crippen LogP contribution in [0.5, 0.6) is 0 Å². The molecule has 6 unspecified atom stereocenters. The third-order valence-corrected chi connectivity index (χ3v) is 24.1. The Balaban J connectivity index is 2.28. The van der Waals surface area contributed by atoms with E-state index in [0.29, 0.717) is 35.5 Å². The van der Waals surface area contributed by atoms with E-state index in [9.17, 15) is 0 Å². The van der Waals surface area contributed by atoms with Gasteiger partial charge in [-0.25, -0.2) is 0 Å². The Labute approximate surface area is 636 Å². The molecule has 0 nitrogen and oxygen atoms in total. The Morgan fingerprint density at radius 2 is 0.382 bits per heavy atom. The predicted octanol–water partition coefficient (Wildman–Crippen LogP) is 28.5. The first kappa shape index (κ1) is 89.3. The smallest absolute Gasteiger partial charge is 0.127 e. The van der Waals surface area contributed by atoms with Gasteiger partial charge in [0.1, 0.15) is 24.2 Å². The van der Waals surface area contributed by atoms with Crippen molar-refractivity contribution in [3.05, 3.63) is 138 Å². The van der Waals surface area contributed by atoms with Crippen LogP contribution in [0.1, 0.15) is 359 Å². The van der Waals surface area contributed by atoms with E-state index in [2.05, 4.69) is 267 Å². The molecule has 0 saturated carbocycles. The van der Waals surface area contributed by atoms with E-state index < -0.39 is 24.2 Å². The normalized spacial score (nSPS) is 13.3. The minimum atomic E-state index is -1.67. The van der Waals surface area contributed by atoms with Crippen LogP contribution >= 0.6 is 0 Å². The fourth-order valence-corrected chi connectivity index (χ4v) is 16.0. The highest BCUT2D eigenvalue weighted by Gasteiger charge is 2.22. The van der Waals surface area contributed by atoms with E-state index in [-0.39, 0.29) is 0 Å². The maximum atomic E-state index is 3.98. The van der Waals surface area contributed by atoms with Crippen LogP contribution in [0.25, 0.3) is 0 Å². The van der Waals surface area contributed by atoms with Crippen molar-refractivity contribution >= 4 is 24.2 Å². The highest BCUT2D eigenvalue weighted by molar-refractivity contribution is 6.84. The lowest BCUT2D eigenvalue weighted by Crippen LogP contribution is -2.16. The summed E-state index contributed by atoms with van der Waals surface area (Å²) >= 11 is 0. The van der Waals surface area contributed by atoms with Crippen molar-refractivity contribution in [2.45, 2.75) is 373 Å². The summed E-state index contributed by atoms with van der Waals surface area (Å²) in [6.45, 7) is 49.9. The van der Waals surface area contributed by atoms with Gasteiger partial charge in [-0.3, -0.25) is 0 Å². The zero-order valence-electron chi connectivity index (χ0n) is 70.1. The lowest BCUT2D eigenvalue weighted by atomic mass is 9.84. The Hall–Kier alpha value is -5.11. The van der Waals surface area contributed by atoms with Gasteiger partial charge in [0, 0.05) is 50.1 Å². The average Bonchev–Trinajstić information content (AvgIpc) is 0.822. The topological polar surface area (TPSA) is 0 Å². The summed E-state index contributed by atoms with van der Waals surface area (Å²) in [4.78, 5) is 0. The summed E-state index contributed by atoms with van der Waals surface area (Å²) in [6.07, 6.45) is 43.6. The molecule has 0 saturated heterocycles. The summed E-state index contributed by atoms with van der Waals surface area (Å²) < 4.78 is 0. The van der Waals surface area contributed by atoms with Crippen LogP contribution in [0.2, 0.25) is 58.9 Å². The molecule has 0 aliphatic rings. The molecule has 0 amide bonds. The lowest BCUT2D eigenvalue weighted by molar-refractivity contribution is 0.439. The van der Waals surface area contributed by atoms with Crippen LogP contribution in [-0.4, -0.2) is 24.2 Å². The maximum absolute atomic E-state index is 3.98. The van der Waals surface area contributed by atoms with Crippen molar-refractivity contribution in [2.75, 3.05) is 0 Å². The van der Waals surface area contributed by atoms with Crippen LogP contribution in [0.15, 0.2) is 54.6 Å². The quantitative estimate of drug-likeness (QED) is 0.0236. The Morgan fingerprint density at radius 1 is 0.216 bits per heavy atom. The summed E-state index contributed by atoms with van der Waals surface area (Å²) in [5.41, 5.74) is 29.9. The minimum Gasteiger partial charge on any atom is -0.127 e. The van der Waals surface area contributed by atoms with Crippen LogP contribution in [-0.2, 0) is 38.5 Å². The monoisotopic (exact) mass is 1420 g/mol. The van der Waals surface area contributed by atoms with Crippen LogP contribution in [0.4, 0.5) is 0 Å². The molecule has 3 heteroatoms. The van der Waals surface area contributed by atoms with Gasteiger partial charge >= 0.3 is 0 Å². The molecule has 558 valence electrons. The molecular formula is C99H150Si3. The lowest BCUT2D eigenvalue weighted by Gasteiger charge is -2.20. The van der Waals surface area contributed by atoms with E-state index >= 15 is 0 Å². The molecule has 0 aliphatic carbocycles. The highest BCUT2D eigenvalue weighted by Crippen LogP contribution is 2.33. The fourth-order valence-electron chi connectivity index (χ4n) is 14.5. The van der Waals surface area contributed by atoms with Gasteiger partial charge in [0.25, 0.3) is 0 Å². The van der Waals surface area contributed by atoms with Crippen LogP contribution in [0, 0.1) is 105 Å². The van der Waals surface area contributed by atoms with Crippen molar-refractivity contribution < 1.29 is 0 Å². The average molecular weight is 1420 g/mol. The number of hydrogen-bond donors (Lipinski definition) is 0. The SMILES string of the molecule is CCCCCC(CC)Cc1cc(C#C[Si](C)(C)C)c(CC(CC)CCCCC)cc1C#Cc1cc(C#Cc2cc(CC(CC)CCCCC)c(C#C[Si](C)(C)C)cc2CC(CC)CCCCC)cc(C#Cc2cc(CC(CC)CCCCC)c(C#C[Si](C)(C)C)cc2CC(CC)CCCCC)c1. The van der Waals surface area contributed by atoms with Crippen molar-refractivity contribution in [3.63, 3.8) is 0 Å². The first-order chi connectivity index (χ1) is 48.9.